The van der Waals surface area contributed by atoms with E-state index in [1.807, 2.05) is 24.3 Å². The van der Waals surface area contributed by atoms with Crippen molar-refractivity contribution in [2.24, 2.45) is 0 Å². The summed E-state index contributed by atoms with van der Waals surface area (Å²) in [5.41, 5.74) is 1.33. The van der Waals surface area contributed by atoms with Crippen LogP contribution in [0.1, 0.15) is 18.4 Å². The molecule has 0 atom stereocenters. The Bertz CT molecular complexity index is 343. The van der Waals surface area contributed by atoms with Crippen LogP contribution in [0.25, 0.3) is 0 Å². The van der Waals surface area contributed by atoms with E-state index in [0.717, 1.165) is 6.42 Å². The van der Waals surface area contributed by atoms with E-state index < -0.39 is 11.9 Å². The Hall–Kier alpha value is -2.10. The molecule has 0 spiro atoms. The molecule has 1 aromatic carbocycles. The number of hydrogen-bond acceptors (Lipinski definition) is 2. The van der Waals surface area contributed by atoms with Gasteiger partial charge in [-0.25, -0.2) is 0 Å². The zero-order valence-corrected chi connectivity index (χ0v) is 9.50. The standard InChI is InChI=1S/C9H10.C4H6O4/c1-2-6-9-7-4-3-5-8-9;5-3(6)1-2-4(7)8/h2-5,7-8H,1,6H2;1-2H2,(H,5,6)(H,7,8). The van der Waals surface area contributed by atoms with Crippen LogP contribution in [0.4, 0.5) is 0 Å². The van der Waals surface area contributed by atoms with Crippen molar-refractivity contribution in [1.29, 1.82) is 0 Å². The molecule has 0 aliphatic heterocycles. The molecule has 0 unspecified atom stereocenters. The largest absolute Gasteiger partial charge is 0.481 e. The zero-order valence-electron chi connectivity index (χ0n) is 9.50. The molecule has 2 N–H and O–H groups in total. The molecule has 4 heteroatoms. The first-order valence-electron chi connectivity index (χ1n) is 5.14. The fourth-order valence-electron chi connectivity index (χ4n) is 0.995. The first-order chi connectivity index (χ1) is 8.06. The fourth-order valence-corrected chi connectivity index (χ4v) is 0.995. The van der Waals surface area contributed by atoms with Gasteiger partial charge in [0.25, 0.3) is 0 Å². The van der Waals surface area contributed by atoms with Crippen molar-refractivity contribution in [3.63, 3.8) is 0 Å². The van der Waals surface area contributed by atoms with Crippen molar-refractivity contribution < 1.29 is 19.8 Å². The molecule has 1 rings (SSSR count). The lowest BCUT2D eigenvalue weighted by molar-refractivity contribution is -0.143. The fraction of sp³-hybridized carbons (Fsp3) is 0.231. The number of carboxylic acids is 2. The zero-order chi connectivity index (χ0) is 13.1. The topological polar surface area (TPSA) is 74.6 Å². The van der Waals surface area contributed by atoms with Crippen LogP contribution in [-0.2, 0) is 16.0 Å². The Labute approximate surface area is 100 Å². The van der Waals surface area contributed by atoms with Crippen molar-refractivity contribution in [2.75, 3.05) is 0 Å². The number of carbonyl (C=O) groups is 2. The van der Waals surface area contributed by atoms with Crippen LogP contribution >= 0.6 is 0 Å². The van der Waals surface area contributed by atoms with Crippen LogP contribution in [0.15, 0.2) is 43.0 Å². The maximum Gasteiger partial charge on any atom is 0.303 e. The number of carboxylic acid groups (broad SMARTS) is 2. The SMILES string of the molecule is C=CCc1ccccc1.O=C(O)CCC(=O)O. The van der Waals surface area contributed by atoms with Gasteiger partial charge in [-0.15, -0.1) is 6.58 Å². The minimum atomic E-state index is -1.08. The minimum absolute atomic E-state index is 0.296. The predicted molar refractivity (Wildman–Crippen MR) is 64.8 cm³/mol. The molecule has 0 fully saturated rings. The van der Waals surface area contributed by atoms with E-state index >= 15 is 0 Å². The normalized spacial score (nSPS) is 8.71. The van der Waals surface area contributed by atoms with Gasteiger partial charge in [-0.1, -0.05) is 36.4 Å². The highest BCUT2D eigenvalue weighted by molar-refractivity contribution is 5.75. The van der Waals surface area contributed by atoms with Gasteiger partial charge in [-0.05, 0) is 12.0 Å². The monoisotopic (exact) mass is 236 g/mol. The van der Waals surface area contributed by atoms with Crippen LogP contribution in [-0.4, -0.2) is 22.2 Å². The first kappa shape index (κ1) is 14.9. The van der Waals surface area contributed by atoms with Crippen molar-refractivity contribution in [1.82, 2.24) is 0 Å². The van der Waals surface area contributed by atoms with E-state index in [9.17, 15) is 9.59 Å². The van der Waals surface area contributed by atoms with Gasteiger partial charge in [-0.3, -0.25) is 9.59 Å². The number of rotatable bonds is 5. The lowest BCUT2D eigenvalue weighted by Gasteiger charge is -1.91. The minimum Gasteiger partial charge on any atom is -0.481 e. The van der Waals surface area contributed by atoms with Crippen LogP contribution in [0, 0.1) is 0 Å². The van der Waals surface area contributed by atoms with Gasteiger partial charge in [0.2, 0.25) is 0 Å². The molecule has 1 aromatic rings. The van der Waals surface area contributed by atoms with Crippen LogP contribution in [0.2, 0.25) is 0 Å². The van der Waals surface area contributed by atoms with E-state index in [0.29, 0.717) is 0 Å². The summed E-state index contributed by atoms with van der Waals surface area (Å²) in [5, 5.41) is 15.8. The van der Waals surface area contributed by atoms with Gasteiger partial charge in [0.05, 0.1) is 12.8 Å². The molecular formula is C13H16O4. The lowest BCUT2D eigenvalue weighted by atomic mass is 10.2. The molecule has 0 aliphatic rings. The summed E-state index contributed by atoms with van der Waals surface area (Å²) in [6, 6.07) is 10.3. The van der Waals surface area contributed by atoms with Gasteiger partial charge >= 0.3 is 11.9 Å². The van der Waals surface area contributed by atoms with Crippen molar-refractivity contribution in [3.8, 4) is 0 Å². The second kappa shape index (κ2) is 9.15. The quantitative estimate of drug-likeness (QED) is 0.769. The Morgan fingerprint density at radius 2 is 1.53 bits per heavy atom. The molecular weight excluding hydrogens is 220 g/mol. The van der Waals surface area contributed by atoms with Gasteiger partial charge in [-0.2, -0.15) is 0 Å². The third-order valence-electron chi connectivity index (χ3n) is 1.78. The summed E-state index contributed by atoms with van der Waals surface area (Å²) in [6.07, 6.45) is 2.29. The Kier molecular flexibility index (Phi) is 8.02. The predicted octanol–water partition coefficient (Wildman–Crippen LogP) is 2.35. The van der Waals surface area contributed by atoms with E-state index in [-0.39, 0.29) is 12.8 Å². The number of aliphatic carboxylic acids is 2. The molecule has 0 amide bonds. The highest BCUT2D eigenvalue weighted by Crippen LogP contribution is 1.98. The van der Waals surface area contributed by atoms with Gasteiger partial charge in [0, 0.05) is 0 Å². The number of benzene rings is 1. The van der Waals surface area contributed by atoms with Crippen LogP contribution in [0.5, 0.6) is 0 Å². The van der Waals surface area contributed by atoms with Crippen molar-refractivity contribution in [2.45, 2.75) is 19.3 Å². The molecule has 0 heterocycles. The molecule has 17 heavy (non-hydrogen) atoms. The molecule has 0 radical (unpaired) electrons. The Morgan fingerprint density at radius 1 is 1.06 bits per heavy atom. The summed E-state index contributed by atoms with van der Waals surface area (Å²) in [4.78, 5) is 19.3. The van der Waals surface area contributed by atoms with Gasteiger partial charge in [0.1, 0.15) is 0 Å². The smallest absolute Gasteiger partial charge is 0.303 e. The highest BCUT2D eigenvalue weighted by atomic mass is 16.4. The second-order valence-corrected chi connectivity index (χ2v) is 3.27. The third kappa shape index (κ3) is 10.2. The second-order valence-electron chi connectivity index (χ2n) is 3.27. The maximum absolute atomic E-state index is 9.64. The number of hydrogen-bond donors (Lipinski definition) is 2. The van der Waals surface area contributed by atoms with Gasteiger partial charge in [0.15, 0.2) is 0 Å². The molecule has 92 valence electrons. The molecule has 0 bridgehead atoms. The van der Waals surface area contributed by atoms with Crippen molar-refractivity contribution in [3.05, 3.63) is 48.6 Å². The average molecular weight is 236 g/mol. The molecule has 0 saturated heterocycles. The van der Waals surface area contributed by atoms with E-state index in [4.69, 9.17) is 10.2 Å². The Balaban J connectivity index is 0.000000304. The summed E-state index contributed by atoms with van der Waals surface area (Å²) in [7, 11) is 0. The molecule has 4 nitrogen and oxygen atoms in total. The summed E-state index contributed by atoms with van der Waals surface area (Å²) in [5.74, 6) is -2.15. The van der Waals surface area contributed by atoms with E-state index in [1.54, 1.807) is 0 Å². The number of allylic oxidation sites excluding steroid dienone is 1. The van der Waals surface area contributed by atoms with Crippen molar-refractivity contribution >= 4 is 11.9 Å². The summed E-state index contributed by atoms with van der Waals surface area (Å²) in [6.45, 7) is 3.66. The third-order valence-corrected chi connectivity index (χ3v) is 1.78. The lowest BCUT2D eigenvalue weighted by Crippen LogP contribution is -2.00. The average Bonchev–Trinajstić information content (AvgIpc) is 2.29. The van der Waals surface area contributed by atoms with Crippen LogP contribution in [0.3, 0.4) is 0 Å². The molecule has 0 saturated carbocycles. The maximum atomic E-state index is 9.64. The Morgan fingerprint density at radius 3 is 1.88 bits per heavy atom. The highest BCUT2D eigenvalue weighted by Gasteiger charge is 2.00. The van der Waals surface area contributed by atoms with E-state index in [1.165, 1.54) is 5.56 Å². The summed E-state index contributed by atoms with van der Waals surface area (Å²) < 4.78 is 0. The van der Waals surface area contributed by atoms with Gasteiger partial charge < -0.3 is 10.2 Å². The first-order valence-corrected chi connectivity index (χ1v) is 5.14. The summed E-state index contributed by atoms with van der Waals surface area (Å²) >= 11 is 0. The van der Waals surface area contributed by atoms with E-state index in [2.05, 4.69) is 18.7 Å². The molecule has 0 aromatic heterocycles. The van der Waals surface area contributed by atoms with Crippen LogP contribution < -0.4 is 0 Å². The molecule has 0 aliphatic carbocycles.